The molecule has 0 radical (unpaired) electrons. The Bertz CT molecular complexity index is 566. The van der Waals surface area contributed by atoms with Gasteiger partial charge in [0, 0.05) is 35.6 Å². The average Bonchev–Trinajstić information content (AvgIpc) is 3.21. The molecule has 1 aliphatic carbocycles. The lowest BCUT2D eigenvalue weighted by molar-refractivity contribution is 0.305. The van der Waals surface area contributed by atoms with Gasteiger partial charge in [-0.05, 0) is 25.8 Å². The zero-order valence-electron chi connectivity index (χ0n) is 11.6. The lowest BCUT2D eigenvalue weighted by Crippen LogP contribution is -2.16. The summed E-state index contributed by atoms with van der Waals surface area (Å²) in [6.45, 7) is 3.53. The number of aromatic nitrogens is 2. The molecule has 2 heterocycles. The van der Waals surface area contributed by atoms with E-state index in [1.165, 1.54) is 17.7 Å². The largest absolute Gasteiger partial charge is 0.477 e. The topological polar surface area (TPSA) is 47.0 Å². The number of rotatable bonds is 7. The smallest absolute Gasteiger partial charge is 0.217 e. The number of aryl methyl sites for hydroxylation is 1. The molecule has 1 N–H and O–H groups in total. The SMILES string of the molecule is Cc1ncsc1CCOc1ncccc1CNC1CC1. The first-order valence-corrected chi connectivity index (χ1v) is 7.90. The Balaban J connectivity index is 1.54. The van der Waals surface area contributed by atoms with Crippen LogP contribution in [-0.2, 0) is 13.0 Å². The van der Waals surface area contributed by atoms with E-state index >= 15 is 0 Å². The van der Waals surface area contributed by atoms with Gasteiger partial charge in [0.05, 0.1) is 17.8 Å². The standard InChI is InChI=1S/C15H19N3OS/c1-11-14(20-10-18-11)6-8-19-15-12(3-2-7-16-15)9-17-13-4-5-13/h2-3,7,10,13,17H,4-6,8-9H2,1H3. The number of hydrogen-bond acceptors (Lipinski definition) is 5. The van der Waals surface area contributed by atoms with Crippen LogP contribution >= 0.6 is 11.3 Å². The minimum atomic E-state index is 0.649. The van der Waals surface area contributed by atoms with E-state index in [9.17, 15) is 0 Å². The quantitative estimate of drug-likeness (QED) is 0.851. The third-order valence-electron chi connectivity index (χ3n) is 3.42. The molecule has 5 heteroatoms. The van der Waals surface area contributed by atoms with Crippen LogP contribution in [0.15, 0.2) is 23.8 Å². The summed E-state index contributed by atoms with van der Waals surface area (Å²) >= 11 is 1.69. The van der Waals surface area contributed by atoms with Gasteiger partial charge in [0.15, 0.2) is 0 Å². The lowest BCUT2D eigenvalue weighted by atomic mass is 10.2. The van der Waals surface area contributed by atoms with Gasteiger partial charge in [0.1, 0.15) is 0 Å². The van der Waals surface area contributed by atoms with Crippen LogP contribution in [0.4, 0.5) is 0 Å². The molecule has 2 aromatic heterocycles. The summed E-state index contributed by atoms with van der Waals surface area (Å²) in [4.78, 5) is 9.89. The van der Waals surface area contributed by atoms with Crippen molar-refractivity contribution >= 4 is 11.3 Å². The summed E-state index contributed by atoms with van der Waals surface area (Å²) in [5, 5.41) is 3.50. The van der Waals surface area contributed by atoms with Gasteiger partial charge < -0.3 is 10.1 Å². The molecular weight excluding hydrogens is 270 g/mol. The molecule has 0 bridgehead atoms. The molecule has 106 valence electrons. The van der Waals surface area contributed by atoms with Crippen molar-refractivity contribution in [2.24, 2.45) is 0 Å². The van der Waals surface area contributed by atoms with Crippen molar-refractivity contribution in [3.05, 3.63) is 40.0 Å². The van der Waals surface area contributed by atoms with E-state index in [0.29, 0.717) is 12.6 Å². The predicted molar refractivity (Wildman–Crippen MR) is 80.1 cm³/mol. The minimum absolute atomic E-state index is 0.649. The molecule has 1 saturated carbocycles. The van der Waals surface area contributed by atoms with Crippen LogP contribution < -0.4 is 10.1 Å². The highest BCUT2D eigenvalue weighted by Gasteiger charge is 2.20. The number of nitrogens with zero attached hydrogens (tertiary/aromatic N) is 2. The zero-order chi connectivity index (χ0) is 13.8. The Morgan fingerprint density at radius 1 is 1.40 bits per heavy atom. The van der Waals surface area contributed by atoms with E-state index in [4.69, 9.17) is 4.74 Å². The van der Waals surface area contributed by atoms with E-state index < -0.39 is 0 Å². The van der Waals surface area contributed by atoms with Gasteiger partial charge in [-0.25, -0.2) is 9.97 Å². The lowest BCUT2D eigenvalue weighted by Gasteiger charge is -2.10. The molecule has 0 unspecified atom stereocenters. The second kappa shape index (κ2) is 6.33. The Kier molecular flexibility index (Phi) is 4.28. The van der Waals surface area contributed by atoms with Crippen LogP contribution in [0.2, 0.25) is 0 Å². The van der Waals surface area contributed by atoms with Crippen LogP contribution in [0.25, 0.3) is 0 Å². The molecule has 0 spiro atoms. The molecule has 1 aliphatic rings. The number of ether oxygens (including phenoxy) is 1. The molecule has 20 heavy (non-hydrogen) atoms. The third-order valence-corrected chi connectivity index (χ3v) is 4.42. The molecular formula is C15H19N3OS. The first kappa shape index (κ1) is 13.5. The summed E-state index contributed by atoms with van der Waals surface area (Å²) < 4.78 is 5.85. The second-order valence-corrected chi connectivity index (χ2v) is 6.02. The monoisotopic (exact) mass is 289 g/mol. The van der Waals surface area contributed by atoms with Crippen molar-refractivity contribution in [1.82, 2.24) is 15.3 Å². The molecule has 0 aliphatic heterocycles. The van der Waals surface area contributed by atoms with E-state index in [0.717, 1.165) is 30.1 Å². The summed E-state index contributed by atoms with van der Waals surface area (Å²) in [5.41, 5.74) is 4.13. The predicted octanol–water partition coefficient (Wildman–Crippen LogP) is 2.72. The van der Waals surface area contributed by atoms with Crippen LogP contribution in [-0.4, -0.2) is 22.6 Å². The Morgan fingerprint density at radius 2 is 2.30 bits per heavy atom. The van der Waals surface area contributed by atoms with Gasteiger partial charge in [-0.15, -0.1) is 11.3 Å². The highest BCUT2D eigenvalue weighted by Crippen LogP contribution is 2.21. The van der Waals surface area contributed by atoms with Gasteiger partial charge in [-0.3, -0.25) is 0 Å². The van der Waals surface area contributed by atoms with E-state index in [1.807, 2.05) is 18.5 Å². The van der Waals surface area contributed by atoms with Gasteiger partial charge in [-0.1, -0.05) is 6.07 Å². The van der Waals surface area contributed by atoms with Crippen LogP contribution in [0.1, 0.15) is 29.0 Å². The van der Waals surface area contributed by atoms with Gasteiger partial charge in [0.25, 0.3) is 0 Å². The Labute approximate surface area is 123 Å². The fraction of sp³-hybridized carbons (Fsp3) is 0.467. The highest BCUT2D eigenvalue weighted by atomic mass is 32.1. The average molecular weight is 289 g/mol. The molecule has 0 amide bonds. The van der Waals surface area contributed by atoms with Crippen molar-refractivity contribution in [3.63, 3.8) is 0 Å². The number of thiazole rings is 1. The van der Waals surface area contributed by atoms with Crippen molar-refractivity contribution in [2.75, 3.05) is 6.61 Å². The highest BCUT2D eigenvalue weighted by molar-refractivity contribution is 7.09. The summed E-state index contributed by atoms with van der Waals surface area (Å²) in [5.74, 6) is 0.753. The van der Waals surface area contributed by atoms with Crippen molar-refractivity contribution in [1.29, 1.82) is 0 Å². The normalized spacial score (nSPS) is 14.4. The summed E-state index contributed by atoms with van der Waals surface area (Å²) in [6, 6.07) is 4.74. The molecule has 0 atom stereocenters. The molecule has 0 saturated heterocycles. The Hall–Kier alpha value is -1.46. The van der Waals surface area contributed by atoms with Gasteiger partial charge in [0.2, 0.25) is 5.88 Å². The van der Waals surface area contributed by atoms with Gasteiger partial charge in [-0.2, -0.15) is 0 Å². The summed E-state index contributed by atoms with van der Waals surface area (Å²) in [6.07, 6.45) is 5.26. The number of nitrogens with one attached hydrogen (secondary N) is 1. The maximum absolute atomic E-state index is 5.85. The van der Waals surface area contributed by atoms with Crippen LogP contribution in [0, 0.1) is 6.92 Å². The van der Waals surface area contributed by atoms with Crippen molar-refractivity contribution < 1.29 is 4.74 Å². The Morgan fingerprint density at radius 3 is 3.05 bits per heavy atom. The first-order valence-electron chi connectivity index (χ1n) is 7.02. The molecule has 1 fully saturated rings. The van der Waals surface area contributed by atoms with Crippen LogP contribution in [0.5, 0.6) is 5.88 Å². The molecule has 3 rings (SSSR count). The van der Waals surface area contributed by atoms with E-state index in [2.05, 4.69) is 21.4 Å². The maximum Gasteiger partial charge on any atom is 0.217 e. The van der Waals surface area contributed by atoms with Crippen molar-refractivity contribution in [3.8, 4) is 5.88 Å². The van der Waals surface area contributed by atoms with E-state index in [1.54, 1.807) is 17.5 Å². The number of hydrogen-bond donors (Lipinski definition) is 1. The van der Waals surface area contributed by atoms with E-state index in [-0.39, 0.29) is 0 Å². The first-order chi connectivity index (χ1) is 9.83. The summed E-state index contributed by atoms with van der Waals surface area (Å²) in [7, 11) is 0. The third kappa shape index (κ3) is 3.55. The molecule has 0 aromatic carbocycles. The van der Waals surface area contributed by atoms with Crippen LogP contribution in [0.3, 0.4) is 0 Å². The molecule has 2 aromatic rings. The number of pyridine rings is 1. The fourth-order valence-electron chi connectivity index (χ4n) is 2.04. The van der Waals surface area contributed by atoms with Crippen molar-refractivity contribution in [2.45, 2.75) is 38.8 Å². The maximum atomic E-state index is 5.85. The molecule has 4 nitrogen and oxygen atoms in total. The fourth-order valence-corrected chi connectivity index (χ4v) is 2.80. The minimum Gasteiger partial charge on any atom is -0.477 e. The zero-order valence-corrected chi connectivity index (χ0v) is 12.4. The second-order valence-electron chi connectivity index (χ2n) is 5.08. The van der Waals surface area contributed by atoms with Gasteiger partial charge >= 0.3 is 0 Å².